The van der Waals surface area contributed by atoms with Crippen LogP contribution in [0.15, 0.2) is 28.5 Å². The summed E-state index contributed by atoms with van der Waals surface area (Å²) in [5, 5.41) is 1.65. The molecule has 2 rings (SSSR count). The Kier molecular flexibility index (Phi) is 3.83. The normalized spacial score (nSPS) is 10.4. The van der Waals surface area contributed by atoms with Crippen molar-refractivity contribution in [2.75, 3.05) is 24.7 Å². The van der Waals surface area contributed by atoms with Crippen LogP contribution in [-0.2, 0) is 0 Å². The molecule has 0 bridgehead atoms. The Morgan fingerprint density at radius 3 is 2.72 bits per heavy atom. The van der Waals surface area contributed by atoms with E-state index in [4.69, 9.17) is 17.3 Å². The number of pyridine rings is 1. The first-order chi connectivity index (χ1) is 8.56. The van der Waals surface area contributed by atoms with Crippen molar-refractivity contribution in [3.8, 4) is 0 Å². The monoisotopic (exact) mass is 282 g/mol. The first kappa shape index (κ1) is 12.8. The van der Waals surface area contributed by atoms with Gasteiger partial charge in [0.05, 0.1) is 5.02 Å². The van der Waals surface area contributed by atoms with E-state index in [-0.39, 0.29) is 5.95 Å². The van der Waals surface area contributed by atoms with Gasteiger partial charge in [-0.1, -0.05) is 11.6 Å². The van der Waals surface area contributed by atoms with E-state index in [0.29, 0.717) is 21.2 Å². The van der Waals surface area contributed by atoms with Crippen molar-refractivity contribution < 1.29 is 0 Å². The van der Waals surface area contributed by atoms with Gasteiger partial charge in [-0.25, -0.2) is 4.98 Å². The number of nitrogen functional groups attached to an aromatic ring is 1. The minimum absolute atomic E-state index is 0.170. The smallest absolute Gasteiger partial charge is 0.230 e. The van der Waals surface area contributed by atoms with E-state index in [1.54, 1.807) is 23.2 Å². The summed E-state index contributed by atoms with van der Waals surface area (Å²) in [7, 11) is 3.66. The van der Waals surface area contributed by atoms with Gasteiger partial charge in [0.1, 0.15) is 5.03 Å². The average Bonchev–Trinajstić information content (AvgIpc) is 2.31. The van der Waals surface area contributed by atoms with Gasteiger partial charge in [0, 0.05) is 20.3 Å². The Balaban J connectivity index is 2.32. The Morgan fingerprint density at radius 1 is 1.28 bits per heavy atom. The second-order valence-electron chi connectivity index (χ2n) is 3.56. The molecule has 0 atom stereocenters. The van der Waals surface area contributed by atoms with Gasteiger partial charge in [-0.15, -0.1) is 0 Å². The number of hydrogen-bond acceptors (Lipinski definition) is 7. The number of hydrogen-bond donors (Lipinski definition) is 1. The third kappa shape index (κ3) is 2.99. The summed E-state index contributed by atoms with van der Waals surface area (Å²) >= 11 is 7.27. The molecule has 8 heteroatoms. The van der Waals surface area contributed by atoms with Gasteiger partial charge in [0.2, 0.25) is 17.1 Å². The zero-order valence-corrected chi connectivity index (χ0v) is 11.4. The molecule has 0 radical (unpaired) electrons. The summed E-state index contributed by atoms with van der Waals surface area (Å²) in [6, 6.07) is 3.52. The van der Waals surface area contributed by atoms with Gasteiger partial charge in [-0.05, 0) is 23.9 Å². The number of nitrogens with two attached hydrogens (primary N) is 1. The predicted molar refractivity (Wildman–Crippen MR) is 71.9 cm³/mol. The van der Waals surface area contributed by atoms with E-state index < -0.39 is 0 Å². The van der Waals surface area contributed by atoms with Gasteiger partial charge in [0.15, 0.2) is 0 Å². The SMILES string of the molecule is CN(C)c1nc(N)nc(Sc2ncccc2Cl)n1. The summed E-state index contributed by atoms with van der Waals surface area (Å²) in [5.74, 6) is 0.667. The number of anilines is 2. The molecular weight excluding hydrogens is 272 g/mol. The number of aromatic nitrogens is 4. The predicted octanol–water partition coefficient (Wildman–Crippen LogP) is 1.72. The molecule has 2 aromatic rings. The van der Waals surface area contributed by atoms with Crippen molar-refractivity contribution in [2.45, 2.75) is 10.2 Å². The molecule has 0 aromatic carbocycles. The lowest BCUT2D eigenvalue weighted by Crippen LogP contribution is -2.15. The average molecular weight is 283 g/mol. The first-order valence-electron chi connectivity index (χ1n) is 5.03. The Morgan fingerprint density at radius 2 is 2.06 bits per heavy atom. The van der Waals surface area contributed by atoms with E-state index in [1.165, 1.54) is 11.8 Å². The third-order valence-electron chi connectivity index (χ3n) is 1.93. The lowest BCUT2D eigenvalue weighted by Gasteiger charge is -2.10. The fraction of sp³-hybridized carbons (Fsp3) is 0.200. The maximum absolute atomic E-state index is 6.02. The molecule has 0 aliphatic carbocycles. The maximum atomic E-state index is 6.02. The van der Waals surface area contributed by atoms with Crippen LogP contribution in [0.4, 0.5) is 11.9 Å². The first-order valence-corrected chi connectivity index (χ1v) is 6.23. The third-order valence-corrected chi connectivity index (χ3v) is 3.23. The van der Waals surface area contributed by atoms with E-state index in [2.05, 4.69) is 19.9 Å². The summed E-state index contributed by atoms with van der Waals surface area (Å²) in [6.45, 7) is 0. The number of halogens is 1. The van der Waals surface area contributed by atoms with Gasteiger partial charge in [0.25, 0.3) is 0 Å². The summed E-state index contributed by atoms with van der Waals surface area (Å²) in [6.07, 6.45) is 1.66. The summed E-state index contributed by atoms with van der Waals surface area (Å²) < 4.78 is 0. The fourth-order valence-corrected chi connectivity index (χ4v) is 2.10. The van der Waals surface area contributed by atoms with Crippen molar-refractivity contribution in [2.24, 2.45) is 0 Å². The highest BCUT2D eigenvalue weighted by Gasteiger charge is 2.10. The maximum Gasteiger partial charge on any atom is 0.230 e. The van der Waals surface area contributed by atoms with Crippen LogP contribution in [0.5, 0.6) is 0 Å². The highest BCUT2D eigenvalue weighted by molar-refractivity contribution is 7.99. The molecule has 0 unspecified atom stereocenters. The molecule has 0 saturated carbocycles. The van der Waals surface area contributed by atoms with Crippen LogP contribution in [0.2, 0.25) is 5.02 Å². The van der Waals surface area contributed by atoms with Gasteiger partial charge in [-0.2, -0.15) is 15.0 Å². The lowest BCUT2D eigenvalue weighted by molar-refractivity contribution is 0.874. The summed E-state index contributed by atoms with van der Waals surface area (Å²) in [5.41, 5.74) is 5.63. The van der Waals surface area contributed by atoms with Crippen LogP contribution in [0.1, 0.15) is 0 Å². The number of nitrogens with zero attached hydrogens (tertiary/aromatic N) is 5. The topological polar surface area (TPSA) is 80.8 Å². The number of rotatable bonds is 3. The van der Waals surface area contributed by atoms with Crippen LogP contribution < -0.4 is 10.6 Å². The molecule has 0 aliphatic heterocycles. The minimum Gasteiger partial charge on any atom is -0.368 e. The molecule has 2 heterocycles. The van der Waals surface area contributed by atoms with Crippen LogP contribution in [0.25, 0.3) is 0 Å². The lowest BCUT2D eigenvalue weighted by atomic mass is 10.5. The fourth-order valence-electron chi connectivity index (χ4n) is 1.14. The van der Waals surface area contributed by atoms with Crippen molar-refractivity contribution in [1.82, 2.24) is 19.9 Å². The molecule has 0 aliphatic rings. The second-order valence-corrected chi connectivity index (χ2v) is 4.93. The molecule has 0 fully saturated rings. The largest absolute Gasteiger partial charge is 0.368 e. The van der Waals surface area contributed by atoms with Crippen LogP contribution in [0.3, 0.4) is 0 Å². The zero-order chi connectivity index (χ0) is 13.1. The van der Waals surface area contributed by atoms with Crippen LogP contribution in [-0.4, -0.2) is 34.0 Å². The Bertz CT molecular complexity index is 562. The zero-order valence-electron chi connectivity index (χ0n) is 9.83. The molecule has 2 N–H and O–H groups in total. The van der Waals surface area contributed by atoms with E-state index in [0.717, 1.165) is 0 Å². The molecule has 2 aromatic heterocycles. The molecule has 18 heavy (non-hydrogen) atoms. The standard InChI is InChI=1S/C10H11ClN6S/c1-17(2)9-14-8(12)15-10(16-9)18-7-6(11)4-3-5-13-7/h3-5H,1-2H3,(H2,12,14,15,16). The van der Waals surface area contributed by atoms with Crippen LogP contribution in [0, 0.1) is 0 Å². The van der Waals surface area contributed by atoms with E-state index in [9.17, 15) is 0 Å². The van der Waals surface area contributed by atoms with Gasteiger partial charge in [-0.3, -0.25) is 0 Å². The van der Waals surface area contributed by atoms with E-state index in [1.807, 2.05) is 14.1 Å². The highest BCUT2D eigenvalue weighted by Crippen LogP contribution is 2.29. The highest BCUT2D eigenvalue weighted by atomic mass is 35.5. The molecule has 0 spiro atoms. The van der Waals surface area contributed by atoms with Crippen LogP contribution >= 0.6 is 23.4 Å². The molecule has 0 amide bonds. The van der Waals surface area contributed by atoms with Crippen molar-refractivity contribution in [1.29, 1.82) is 0 Å². The molecule has 0 saturated heterocycles. The quantitative estimate of drug-likeness (QED) is 0.918. The van der Waals surface area contributed by atoms with Gasteiger partial charge >= 0.3 is 0 Å². The molecular formula is C10H11ClN6S. The summed E-state index contributed by atoms with van der Waals surface area (Å²) in [4.78, 5) is 18.2. The second kappa shape index (κ2) is 5.36. The molecule has 6 nitrogen and oxygen atoms in total. The van der Waals surface area contributed by atoms with Gasteiger partial charge < -0.3 is 10.6 Å². The van der Waals surface area contributed by atoms with E-state index >= 15 is 0 Å². The Hall–Kier alpha value is -1.60. The molecule has 94 valence electrons. The Labute approximate surface area is 114 Å². The van der Waals surface area contributed by atoms with Crippen molar-refractivity contribution in [3.05, 3.63) is 23.4 Å². The van der Waals surface area contributed by atoms with Crippen molar-refractivity contribution in [3.63, 3.8) is 0 Å². The van der Waals surface area contributed by atoms with Crippen molar-refractivity contribution >= 4 is 35.3 Å². The minimum atomic E-state index is 0.170.